The third kappa shape index (κ3) is 4.79. The highest BCUT2D eigenvalue weighted by molar-refractivity contribution is 7.80. The molecule has 6 heteroatoms. The summed E-state index contributed by atoms with van der Waals surface area (Å²) >= 11 is 10.9. The summed E-state index contributed by atoms with van der Waals surface area (Å²) in [5.41, 5.74) is 9.51. The molecule has 2 rings (SSSR count). The quantitative estimate of drug-likeness (QED) is 0.461. The Balaban J connectivity index is 2.33. The number of nitrogens with two attached hydrogens (primary N) is 1. The van der Waals surface area contributed by atoms with Crippen LogP contribution in [0.2, 0.25) is 5.02 Å². The van der Waals surface area contributed by atoms with Gasteiger partial charge in [-0.2, -0.15) is 5.26 Å². The van der Waals surface area contributed by atoms with E-state index in [0.29, 0.717) is 5.75 Å². The maximum absolute atomic E-state index is 13.1. The molecule has 25 heavy (non-hydrogen) atoms. The monoisotopic (exact) mass is 374 g/mol. The molecule has 0 heterocycles. The zero-order valence-electron chi connectivity index (χ0n) is 13.8. The zero-order chi connectivity index (χ0) is 18.6. The lowest BCUT2D eigenvalue weighted by Gasteiger charge is -2.13. The third-order valence-electron chi connectivity index (χ3n) is 3.66. The van der Waals surface area contributed by atoms with E-state index >= 15 is 0 Å². The molecule has 0 aromatic heterocycles. The molecule has 0 aliphatic heterocycles. The lowest BCUT2D eigenvalue weighted by molar-refractivity contribution is 0.305. The van der Waals surface area contributed by atoms with E-state index in [-0.39, 0.29) is 22.2 Å². The van der Waals surface area contributed by atoms with Gasteiger partial charge in [-0.05, 0) is 54.8 Å². The Morgan fingerprint density at radius 1 is 1.36 bits per heavy atom. The summed E-state index contributed by atoms with van der Waals surface area (Å²) in [6.07, 6.45) is 1.67. The van der Waals surface area contributed by atoms with Crippen LogP contribution in [-0.2, 0) is 6.61 Å². The van der Waals surface area contributed by atoms with Crippen LogP contribution in [0.4, 0.5) is 4.39 Å². The van der Waals surface area contributed by atoms with E-state index in [0.717, 1.165) is 22.3 Å². The number of nitriles is 1. The van der Waals surface area contributed by atoms with Crippen LogP contribution >= 0.6 is 23.8 Å². The van der Waals surface area contributed by atoms with Crippen molar-refractivity contribution in [1.82, 2.24) is 0 Å². The lowest BCUT2D eigenvalue weighted by Crippen LogP contribution is -2.10. The van der Waals surface area contributed by atoms with Crippen molar-refractivity contribution in [3.05, 3.63) is 69.0 Å². The Morgan fingerprint density at radius 3 is 2.68 bits per heavy atom. The summed E-state index contributed by atoms with van der Waals surface area (Å²) in [6, 6.07) is 9.91. The Hall–Kier alpha value is -2.42. The summed E-state index contributed by atoms with van der Waals surface area (Å²) in [5.74, 6) is -0.0137. The van der Waals surface area contributed by atoms with Gasteiger partial charge in [-0.1, -0.05) is 41.5 Å². The molecule has 2 aromatic carbocycles. The number of hydrogen-bond donors (Lipinski definition) is 1. The summed E-state index contributed by atoms with van der Waals surface area (Å²) in [4.78, 5) is 0.0549. The summed E-state index contributed by atoms with van der Waals surface area (Å²) in [5, 5.41) is 9.35. The first-order valence-electron chi connectivity index (χ1n) is 7.41. The fourth-order valence-electron chi connectivity index (χ4n) is 2.33. The fraction of sp³-hybridized carbons (Fsp3) is 0.158. The predicted molar refractivity (Wildman–Crippen MR) is 102 cm³/mol. The van der Waals surface area contributed by atoms with E-state index in [9.17, 15) is 4.39 Å². The summed E-state index contributed by atoms with van der Waals surface area (Å²) in [6.45, 7) is 4.12. The zero-order valence-corrected chi connectivity index (χ0v) is 15.3. The molecule has 0 amide bonds. The molecule has 2 N–H and O–H groups in total. The van der Waals surface area contributed by atoms with Gasteiger partial charge in [0.2, 0.25) is 0 Å². The number of aryl methyl sites for hydroxylation is 1. The second kappa shape index (κ2) is 8.11. The second-order valence-corrected chi connectivity index (χ2v) is 6.38. The van der Waals surface area contributed by atoms with Crippen LogP contribution in [-0.4, -0.2) is 4.99 Å². The van der Waals surface area contributed by atoms with Crippen LogP contribution in [0.25, 0.3) is 6.08 Å². The van der Waals surface area contributed by atoms with Crippen molar-refractivity contribution in [2.75, 3.05) is 0 Å². The summed E-state index contributed by atoms with van der Waals surface area (Å²) < 4.78 is 18.8. The average molecular weight is 375 g/mol. The molecule has 0 atom stereocenters. The molecule has 0 aliphatic rings. The molecular formula is C19H16ClFN2OS. The number of nitrogens with zero attached hydrogens (tertiary/aromatic N) is 1. The smallest absolute Gasteiger partial charge is 0.138 e. The lowest BCUT2D eigenvalue weighted by atomic mass is 9.98. The minimum atomic E-state index is -0.418. The van der Waals surface area contributed by atoms with Gasteiger partial charge in [0.1, 0.15) is 29.2 Å². The first-order valence-corrected chi connectivity index (χ1v) is 8.20. The Bertz CT molecular complexity index is 903. The van der Waals surface area contributed by atoms with Crippen molar-refractivity contribution in [1.29, 1.82) is 5.26 Å². The molecule has 0 radical (unpaired) electrons. The second-order valence-electron chi connectivity index (χ2n) is 5.54. The maximum atomic E-state index is 13.1. The first kappa shape index (κ1) is 18.9. The van der Waals surface area contributed by atoms with Crippen LogP contribution in [0, 0.1) is 31.0 Å². The van der Waals surface area contributed by atoms with Gasteiger partial charge in [0.25, 0.3) is 0 Å². The van der Waals surface area contributed by atoms with Crippen molar-refractivity contribution < 1.29 is 9.13 Å². The van der Waals surface area contributed by atoms with Crippen molar-refractivity contribution in [3.63, 3.8) is 0 Å². The van der Waals surface area contributed by atoms with Crippen LogP contribution < -0.4 is 10.5 Å². The van der Waals surface area contributed by atoms with Crippen LogP contribution in [0.3, 0.4) is 0 Å². The molecule has 2 aromatic rings. The van der Waals surface area contributed by atoms with Crippen molar-refractivity contribution in [2.24, 2.45) is 5.73 Å². The third-order valence-corrected chi connectivity index (χ3v) is 4.18. The molecule has 0 aliphatic carbocycles. The molecular weight excluding hydrogens is 359 g/mol. The predicted octanol–water partition coefficient (Wildman–Crippen LogP) is 4.87. The summed E-state index contributed by atoms with van der Waals surface area (Å²) in [7, 11) is 0. The topological polar surface area (TPSA) is 59.0 Å². The Morgan fingerprint density at radius 2 is 2.08 bits per heavy atom. The van der Waals surface area contributed by atoms with Gasteiger partial charge in [-0.15, -0.1) is 0 Å². The van der Waals surface area contributed by atoms with E-state index < -0.39 is 5.82 Å². The van der Waals surface area contributed by atoms with Crippen LogP contribution in [0.15, 0.2) is 35.9 Å². The Labute approximate surface area is 156 Å². The molecule has 0 saturated heterocycles. The van der Waals surface area contributed by atoms with Crippen molar-refractivity contribution in [2.45, 2.75) is 20.5 Å². The van der Waals surface area contributed by atoms with E-state index in [1.807, 2.05) is 32.0 Å². The van der Waals surface area contributed by atoms with Crippen LogP contribution in [0.1, 0.15) is 22.3 Å². The van der Waals surface area contributed by atoms with E-state index in [4.69, 9.17) is 39.6 Å². The highest BCUT2D eigenvalue weighted by Gasteiger charge is 2.09. The van der Waals surface area contributed by atoms with Crippen LogP contribution in [0.5, 0.6) is 5.75 Å². The first-order chi connectivity index (χ1) is 11.8. The fourth-order valence-corrected chi connectivity index (χ4v) is 2.65. The maximum Gasteiger partial charge on any atom is 0.138 e. The largest absolute Gasteiger partial charge is 0.487 e. The highest BCUT2D eigenvalue weighted by Crippen LogP contribution is 2.27. The minimum Gasteiger partial charge on any atom is -0.487 e. The number of rotatable bonds is 5. The molecule has 3 nitrogen and oxygen atoms in total. The van der Waals surface area contributed by atoms with E-state index in [2.05, 4.69) is 0 Å². The average Bonchev–Trinajstić information content (AvgIpc) is 2.54. The van der Waals surface area contributed by atoms with Gasteiger partial charge < -0.3 is 10.5 Å². The van der Waals surface area contributed by atoms with Gasteiger partial charge in [0, 0.05) is 0 Å². The SMILES string of the molecule is Cc1cc(/C=C(\C#N)C(N)=S)c(C)c(COc2ccc(F)cc2Cl)c1. The number of halogens is 2. The number of hydrogen-bond acceptors (Lipinski definition) is 3. The number of ether oxygens (including phenoxy) is 1. The van der Waals surface area contributed by atoms with Gasteiger partial charge in [-0.3, -0.25) is 0 Å². The van der Waals surface area contributed by atoms with Gasteiger partial charge in [-0.25, -0.2) is 4.39 Å². The molecule has 0 unspecified atom stereocenters. The molecule has 128 valence electrons. The molecule has 0 bridgehead atoms. The highest BCUT2D eigenvalue weighted by atomic mass is 35.5. The van der Waals surface area contributed by atoms with Gasteiger partial charge in [0.15, 0.2) is 0 Å². The molecule has 0 fully saturated rings. The Kier molecular flexibility index (Phi) is 6.13. The standard InChI is InChI=1S/C19H16ClFN2OS/c1-11-5-13(7-14(9-22)19(23)25)12(2)15(6-11)10-24-18-4-3-16(21)8-17(18)20/h3-8H,10H2,1-2H3,(H2,23,25)/b14-7+. The van der Waals surface area contributed by atoms with E-state index in [1.54, 1.807) is 6.08 Å². The minimum absolute atomic E-state index is 0.0549. The molecule has 0 saturated carbocycles. The van der Waals surface area contributed by atoms with Gasteiger partial charge >= 0.3 is 0 Å². The number of benzene rings is 2. The van der Waals surface area contributed by atoms with Gasteiger partial charge in [0.05, 0.1) is 10.6 Å². The normalized spacial score (nSPS) is 11.1. The number of thiocarbonyl (C=S) groups is 1. The van der Waals surface area contributed by atoms with E-state index in [1.165, 1.54) is 18.2 Å². The van der Waals surface area contributed by atoms with Crippen molar-refractivity contribution >= 4 is 34.9 Å². The molecule has 0 spiro atoms. The van der Waals surface area contributed by atoms with Crippen molar-refractivity contribution in [3.8, 4) is 11.8 Å².